The first-order chi connectivity index (χ1) is 18.1. The molecule has 0 bridgehead atoms. The Kier molecular flexibility index (Phi) is 10.3. The molecule has 3 rings (SSSR count). The van der Waals surface area contributed by atoms with Crippen LogP contribution in [0.3, 0.4) is 0 Å². The van der Waals surface area contributed by atoms with E-state index in [0.717, 1.165) is 26.2 Å². The normalized spacial score (nSPS) is 11.9. The lowest BCUT2D eigenvalue weighted by atomic mass is 10.1. The quantitative estimate of drug-likeness (QED) is 0.333. The van der Waals surface area contributed by atoms with Crippen LogP contribution in [0.25, 0.3) is 0 Å². The number of halogens is 1. The van der Waals surface area contributed by atoms with Crippen LogP contribution in [0.2, 0.25) is 0 Å². The summed E-state index contributed by atoms with van der Waals surface area (Å²) in [5.41, 5.74) is 2.13. The van der Waals surface area contributed by atoms with Gasteiger partial charge in [0.2, 0.25) is 21.8 Å². The first-order valence-electron chi connectivity index (χ1n) is 12.1. The van der Waals surface area contributed by atoms with Crippen molar-refractivity contribution in [1.29, 1.82) is 0 Å². The molecule has 0 unspecified atom stereocenters. The third-order valence-corrected chi connectivity index (χ3v) is 7.45. The first kappa shape index (κ1) is 29.2. The maximum atomic E-state index is 13.5. The predicted octanol–water partition coefficient (Wildman–Crippen LogP) is 4.35. The number of amides is 2. The number of nitrogens with zero attached hydrogens (tertiary/aromatic N) is 2. The lowest BCUT2D eigenvalue weighted by molar-refractivity contribution is -0.139. The Morgan fingerprint density at radius 3 is 2.24 bits per heavy atom. The second-order valence-electron chi connectivity index (χ2n) is 8.76. The topological polar surface area (TPSA) is 96.0 Å². The zero-order valence-corrected chi connectivity index (χ0v) is 24.0. The molecular weight excluding hydrogens is 570 g/mol. The molecule has 0 radical (unpaired) electrons. The number of hydrogen-bond acceptors (Lipinski definition) is 5. The molecule has 0 aromatic heterocycles. The lowest BCUT2D eigenvalue weighted by Crippen LogP contribution is -2.51. The third kappa shape index (κ3) is 8.32. The molecule has 202 valence electrons. The second kappa shape index (κ2) is 13.4. The van der Waals surface area contributed by atoms with Crippen LogP contribution in [0, 0.1) is 0 Å². The van der Waals surface area contributed by atoms with Gasteiger partial charge in [0.05, 0.1) is 11.9 Å². The van der Waals surface area contributed by atoms with E-state index in [0.29, 0.717) is 24.6 Å². The first-order valence-corrected chi connectivity index (χ1v) is 14.8. The summed E-state index contributed by atoms with van der Waals surface area (Å²) in [4.78, 5) is 27.6. The smallest absolute Gasteiger partial charge is 0.244 e. The fraction of sp³-hybridized carbons (Fsp3) is 0.286. The van der Waals surface area contributed by atoms with Crippen molar-refractivity contribution in [3.05, 3.63) is 94.5 Å². The van der Waals surface area contributed by atoms with Crippen molar-refractivity contribution < 1.29 is 22.7 Å². The lowest BCUT2D eigenvalue weighted by Gasteiger charge is -2.31. The molecule has 0 saturated heterocycles. The molecule has 0 spiro atoms. The highest BCUT2D eigenvalue weighted by Gasteiger charge is 2.30. The average molecular weight is 603 g/mol. The van der Waals surface area contributed by atoms with Gasteiger partial charge >= 0.3 is 0 Å². The molecule has 0 heterocycles. The van der Waals surface area contributed by atoms with Crippen LogP contribution < -0.4 is 14.4 Å². The maximum Gasteiger partial charge on any atom is 0.244 e. The predicted molar refractivity (Wildman–Crippen MR) is 152 cm³/mol. The van der Waals surface area contributed by atoms with Crippen LogP contribution >= 0.6 is 15.9 Å². The van der Waals surface area contributed by atoms with Crippen LogP contribution in [0.1, 0.15) is 25.0 Å². The number of rotatable bonds is 12. The van der Waals surface area contributed by atoms with Crippen molar-refractivity contribution in [2.75, 3.05) is 23.7 Å². The molecule has 1 atom stereocenters. The van der Waals surface area contributed by atoms with Gasteiger partial charge in [-0.2, -0.15) is 0 Å². The summed E-state index contributed by atoms with van der Waals surface area (Å²) >= 11 is 3.43. The molecule has 0 saturated carbocycles. The van der Waals surface area contributed by atoms with Crippen LogP contribution in [0.4, 0.5) is 5.69 Å². The Morgan fingerprint density at radius 1 is 0.974 bits per heavy atom. The fourth-order valence-electron chi connectivity index (χ4n) is 3.80. The van der Waals surface area contributed by atoms with Gasteiger partial charge in [-0.05, 0) is 61.4 Å². The minimum absolute atomic E-state index is 0.139. The molecule has 0 aliphatic heterocycles. The number of benzene rings is 3. The van der Waals surface area contributed by atoms with Crippen LogP contribution in [0.5, 0.6) is 5.75 Å². The number of likely N-dealkylation sites (N-methyl/N-ethyl adjacent to an activating group) is 1. The van der Waals surface area contributed by atoms with Crippen molar-refractivity contribution >= 4 is 43.5 Å². The molecule has 3 aromatic carbocycles. The number of ether oxygens (including phenoxy) is 1. The third-order valence-electron chi connectivity index (χ3n) is 5.81. The summed E-state index contributed by atoms with van der Waals surface area (Å²) in [6.07, 6.45) is 1.05. The average Bonchev–Trinajstić information content (AvgIpc) is 2.89. The highest BCUT2D eigenvalue weighted by atomic mass is 79.9. The van der Waals surface area contributed by atoms with Crippen LogP contribution in [-0.4, -0.2) is 50.5 Å². The van der Waals surface area contributed by atoms with E-state index in [1.807, 2.05) is 54.6 Å². The highest BCUT2D eigenvalue weighted by Crippen LogP contribution is 2.23. The van der Waals surface area contributed by atoms with Crippen molar-refractivity contribution in [2.45, 2.75) is 33.0 Å². The molecule has 38 heavy (non-hydrogen) atoms. The second-order valence-corrected chi connectivity index (χ2v) is 11.6. The van der Waals surface area contributed by atoms with E-state index in [2.05, 4.69) is 21.2 Å². The standard InChI is InChI=1S/C28H32BrN3O5S/c1-4-30-28(34)21(2)31(18-23-11-8-12-24(29)17-23)27(33)19-32(38(3,35)36)25-13-15-26(16-14-25)37-20-22-9-6-5-7-10-22/h5-17,21H,4,18-20H2,1-3H3,(H,30,34)/t21-/m1/s1. The minimum atomic E-state index is -3.81. The molecule has 0 aliphatic rings. The van der Waals surface area contributed by atoms with E-state index in [1.165, 1.54) is 4.90 Å². The van der Waals surface area contributed by atoms with Gasteiger partial charge in [-0.15, -0.1) is 0 Å². The van der Waals surface area contributed by atoms with Crippen LogP contribution in [0.15, 0.2) is 83.3 Å². The molecule has 10 heteroatoms. The van der Waals surface area contributed by atoms with E-state index >= 15 is 0 Å². The summed E-state index contributed by atoms with van der Waals surface area (Å²) in [5, 5.41) is 2.74. The van der Waals surface area contributed by atoms with Gasteiger partial charge in [0.15, 0.2) is 0 Å². The molecule has 0 fully saturated rings. The number of carbonyl (C=O) groups excluding carboxylic acids is 2. The SMILES string of the molecule is CCNC(=O)[C@@H](C)N(Cc1cccc(Br)c1)C(=O)CN(c1ccc(OCc2ccccc2)cc1)S(C)(=O)=O. The van der Waals surface area contributed by atoms with Crippen LogP contribution in [-0.2, 0) is 32.8 Å². The van der Waals surface area contributed by atoms with Crippen molar-refractivity contribution in [1.82, 2.24) is 10.2 Å². The Morgan fingerprint density at radius 2 is 1.63 bits per heavy atom. The fourth-order valence-corrected chi connectivity index (χ4v) is 5.10. The van der Waals surface area contributed by atoms with E-state index < -0.39 is 28.5 Å². The summed E-state index contributed by atoms with van der Waals surface area (Å²) in [6, 6.07) is 22.8. The number of nitrogens with one attached hydrogen (secondary N) is 1. The van der Waals surface area contributed by atoms with Crippen molar-refractivity contribution in [3.63, 3.8) is 0 Å². The molecule has 8 nitrogen and oxygen atoms in total. The molecule has 1 N–H and O–H groups in total. The maximum absolute atomic E-state index is 13.5. The number of anilines is 1. The summed E-state index contributed by atoms with van der Waals surface area (Å²) in [5.74, 6) is -0.251. The van der Waals surface area contributed by atoms with Gasteiger partial charge in [0.1, 0.15) is 24.9 Å². The summed E-state index contributed by atoms with van der Waals surface area (Å²) < 4.78 is 33.1. The molecular formula is C28H32BrN3O5S. The summed E-state index contributed by atoms with van der Waals surface area (Å²) in [7, 11) is -3.81. The monoisotopic (exact) mass is 601 g/mol. The Bertz CT molecular complexity index is 1330. The number of hydrogen-bond donors (Lipinski definition) is 1. The zero-order chi connectivity index (χ0) is 27.7. The molecule has 3 aromatic rings. The van der Waals surface area contributed by atoms with E-state index in [1.54, 1.807) is 38.1 Å². The minimum Gasteiger partial charge on any atom is -0.489 e. The van der Waals surface area contributed by atoms with E-state index in [-0.39, 0.29) is 12.5 Å². The highest BCUT2D eigenvalue weighted by molar-refractivity contribution is 9.10. The number of carbonyl (C=O) groups is 2. The van der Waals surface area contributed by atoms with E-state index in [9.17, 15) is 18.0 Å². The van der Waals surface area contributed by atoms with Gasteiger partial charge in [0.25, 0.3) is 0 Å². The Hall–Kier alpha value is -3.37. The van der Waals surface area contributed by atoms with Gasteiger partial charge in [-0.1, -0.05) is 58.4 Å². The van der Waals surface area contributed by atoms with Gasteiger partial charge < -0.3 is 15.0 Å². The van der Waals surface area contributed by atoms with E-state index in [4.69, 9.17) is 4.74 Å². The number of sulfonamides is 1. The zero-order valence-electron chi connectivity index (χ0n) is 21.6. The molecule has 0 aliphatic carbocycles. The largest absolute Gasteiger partial charge is 0.489 e. The molecule has 2 amide bonds. The summed E-state index contributed by atoms with van der Waals surface area (Å²) in [6.45, 7) is 3.89. The van der Waals surface area contributed by atoms with Gasteiger partial charge in [-0.3, -0.25) is 13.9 Å². The van der Waals surface area contributed by atoms with Gasteiger partial charge in [0, 0.05) is 17.6 Å². The van der Waals surface area contributed by atoms with Gasteiger partial charge in [-0.25, -0.2) is 8.42 Å². The Balaban J connectivity index is 1.81. The van der Waals surface area contributed by atoms with Crippen molar-refractivity contribution in [2.24, 2.45) is 0 Å². The van der Waals surface area contributed by atoms with Crippen molar-refractivity contribution in [3.8, 4) is 5.75 Å². The Labute approximate surface area is 232 Å².